The standard InChI is InChI=1S/C22H24N2O4S/c1-14-15(2)29-22(23-21(26)18-7-4-10-28-18)19(14)20(24-8-11-27-12-9-24)16-5-3-6-17(25)13-16/h3-7,10,13,20,25H,8-9,11-12H2,1-2H3,(H,23,26)/p+1/t20-/m1/s1. The van der Waals surface area contributed by atoms with E-state index in [2.05, 4.69) is 19.2 Å². The summed E-state index contributed by atoms with van der Waals surface area (Å²) in [5, 5.41) is 14.0. The summed E-state index contributed by atoms with van der Waals surface area (Å²) in [5.41, 5.74) is 3.28. The lowest BCUT2D eigenvalue weighted by Crippen LogP contribution is -3.14. The molecule has 152 valence electrons. The van der Waals surface area contributed by atoms with Gasteiger partial charge in [0.1, 0.15) is 29.9 Å². The highest BCUT2D eigenvalue weighted by atomic mass is 32.1. The smallest absolute Gasteiger partial charge is 0.291 e. The number of aromatic hydroxyl groups is 1. The summed E-state index contributed by atoms with van der Waals surface area (Å²) in [6.45, 7) is 7.28. The summed E-state index contributed by atoms with van der Waals surface area (Å²) in [7, 11) is 0. The van der Waals surface area contributed by atoms with Crippen molar-refractivity contribution in [1.82, 2.24) is 0 Å². The highest BCUT2D eigenvalue weighted by molar-refractivity contribution is 7.16. The summed E-state index contributed by atoms with van der Waals surface area (Å²) in [5.74, 6) is 0.266. The van der Waals surface area contributed by atoms with E-state index in [1.54, 1.807) is 29.5 Å². The van der Waals surface area contributed by atoms with Crippen molar-refractivity contribution in [2.45, 2.75) is 19.9 Å². The fourth-order valence-electron chi connectivity index (χ4n) is 3.89. The van der Waals surface area contributed by atoms with Gasteiger partial charge in [0.15, 0.2) is 5.76 Å². The summed E-state index contributed by atoms with van der Waals surface area (Å²) in [4.78, 5) is 15.2. The maximum atomic E-state index is 12.7. The lowest BCUT2D eigenvalue weighted by molar-refractivity contribution is -0.933. The van der Waals surface area contributed by atoms with E-state index in [0.29, 0.717) is 13.2 Å². The zero-order valence-corrected chi connectivity index (χ0v) is 17.3. The first-order chi connectivity index (χ1) is 14.0. The van der Waals surface area contributed by atoms with Crippen LogP contribution in [-0.4, -0.2) is 37.3 Å². The minimum absolute atomic E-state index is 0.0112. The normalized spacial score (nSPS) is 15.9. The fraction of sp³-hybridized carbons (Fsp3) is 0.318. The van der Waals surface area contributed by atoms with Crippen LogP contribution < -0.4 is 10.2 Å². The maximum Gasteiger partial charge on any atom is 0.291 e. The van der Waals surface area contributed by atoms with Gasteiger partial charge in [0.05, 0.1) is 25.0 Å². The van der Waals surface area contributed by atoms with Gasteiger partial charge in [-0.15, -0.1) is 11.3 Å². The van der Waals surface area contributed by atoms with Crippen LogP contribution in [0.1, 0.15) is 38.2 Å². The summed E-state index contributed by atoms with van der Waals surface area (Å²) < 4.78 is 10.8. The number of thiophene rings is 1. The van der Waals surface area contributed by atoms with E-state index < -0.39 is 0 Å². The fourth-order valence-corrected chi connectivity index (χ4v) is 4.98. The Labute approximate surface area is 173 Å². The third-order valence-corrected chi connectivity index (χ3v) is 6.58. The molecular formula is C22H25N2O4S+. The zero-order valence-electron chi connectivity index (χ0n) is 16.5. The van der Waals surface area contributed by atoms with E-state index in [1.807, 2.05) is 18.2 Å². The molecule has 0 saturated carbocycles. The van der Waals surface area contributed by atoms with Gasteiger partial charge in [-0.2, -0.15) is 0 Å². The number of aryl methyl sites for hydroxylation is 1. The van der Waals surface area contributed by atoms with E-state index in [0.717, 1.165) is 39.7 Å². The molecule has 0 bridgehead atoms. The molecule has 3 aromatic rings. The van der Waals surface area contributed by atoms with Crippen LogP contribution in [0.25, 0.3) is 0 Å². The molecule has 1 saturated heterocycles. The zero-order chi connectivity index (χ0) is 20.4. The van der Waals surface area contributed by atoms with Crippen LogP contribution >= 0.6 is 11.3 Å². The van der Waals surface area contributed by atoms with Crippen LogP contribution in [0.4, 0.5) is 5.00 Å². The van der Waals surface area contributed by atoms with Gasteiger partial charge in [0.2, 0.25) is 0 Å². The largest absolute Gasteiger partial charge is 0.508 e. The Morgan fingerprint density at radius 1 is 1.21 bits per heavy atom. The topological polar surface area (TPSA) is 76.1 Å². The van der Waals surface area contributed by atoms with Crippen LogP contribution in [0, 0.1) is 13.8 Å². The second-order valence-corrected chi connectivity index (χ2v) is 8.48. The molecule has 3 N–H and O–H groups in total. The van der Waals surface area contributed by atoms with Crippen molar-refractivity contribution >= 4 is 22.2 Å². The molecule has 1 fully saturated rings. The van der Waals surface area contributed by atoms with Crippen LogP contribution in [0.5, 0.6) is 5.75 Å². The molecule has 1 amide bonds. The van der Waals surface area contributed by atoms with Crippen molar-refractivity contribution in [3.63, 3.8) is 0 Å². The van der Waals surface area contributed by atoms with Crippen LogP contribution in [0.2, 0.25) is 0 Å². The molecule has 0 unspecified atom stereocenters. The number of hydrogen-bond donors (Lipinski definition) is 3. The number of furan rings is 1. The molecule has 1 aliphatic rings. The number of morpholine rings is 1. The maximum absolute atomic E-state index is 12.7. The number of nitrogens with one attached hydrogen (secondary N) is 2. The number of rotatable bonds is 5. The summed E-state index contributed by atoms with van der Waals surface area (Å²) >= 11 is 1.58. The third-order valence-electron chi connectivity index (χ3n) is 5.44. The molecule has 0 spiro atoms. The predicted molar refractivity (Wildman–Crippen MR) is 112 cm³/mol. The van der Waals surface area contributed by atoms with Crippen molar-refractivity contribution in [1.29, 1.82) is 0 Å². The minimum Gasteiger partial charge on any atom is -0.508 e. The quantitative estimate of drug-likeness (QED) is 0.601. The number of phenolic OH excluding ortho intramolecular Hbond substituents is 1. The number of hydrogen-bond acceptors (Lipinski definition) is 5. The molecule has 3 heterocycles. The van der Waals surface area contributed by atoms with Gasteiger partial charge in [-0.1, -0.05) is 12.1 Å². The van der Waals surface area contributed by atoms with E-state index in [4.69, 9.17) is 9.15 Å². The Kier molecular flexibility index (Phi) is 5.71. The van der Waals surface area contributed by atoms with Gasteiger partial charge in [0.25, 0.3) is 5.91 Å². The van der Waals surface area contributed by atoms with Crippen LogP contribution in [0.15, 0.2) is 47.1 Å². The molecule has 7 heteroatoms. The Morgan fingerprint density at radius 3 is 2.69 bits per heavy atom. The summed E-state index contributed by atoms with van der Waals surface area (Å²) in [6, 6.07) is 10.8. The molecule has 1 aliphatic heterocycles. The highest BCUT2D eigenvalue weighted by Crippen LogP contribution is 2.39. The van der Waals surface area contributed by atoms with Gasteiger partial charge in [-0.25, -0.2) is 0 Å². The predicted octanol–water partition coefficient (Wildman–Crippen LogP) is 2.92. The van der Waals surface area contributed by atoms with E-state index in [9.17, 15) is 9.90 Å². The van der Waals surface area contributed by atoms with Crippen LogP contribution in [0.3, 0.4) is 0 Å². The minimum atomic E-state index is -0.260. The average molecular weight is 414 g/mol. The van der Waals surface area contributed by atoms with E-state index >= 15 is 0 Å². The number of benzene rings is 1. The molecule has 1 aromatic carbocycles. The van der Waals surface area contributed by atoms with Crippen LogP contribution in [-0.2, 0) is 4.74 Å². The van der Waals surface area contributed by atoms with Gasteiger partial charge in [0, 0.05) is 10.4 Å². The van der Waals surface area contributed by atoms with E-state index in [-0.39, 0.29) is 23.5 Å². The number of amides is 1. The van der Waals surface area contributed by atoms with Gasteiger partial charge in [-0.05, 0) is 43.7 Å². The van der Waals surface area contributed by atoms with E-state index in [1.165, 1.54) is 11.2 Å². The second kappa shape index (κ2) is 8.41. The van der Waals surface area contributed by atoms with Crippen molar-refractivity contribution < 1.29 is 24.0 Å². The molecule has 6 nitrogen and oxygen atoms in total. The first kappa shape index (κ1) is 19.7. The van der Waals surface area contributed by atoms with Crippen molar-refractivity contribution in [2.24, 2.45) is 0 Å². The van der Waals surface area contributed by atoms with Crippen molar-refractivity contribution in [3.8, 4) is 5.75 Å². The molecular weight excluding hydrogens is 388 g/mol. The molecule has 1 atom stereocenters. The Bertz CT molecular complexity index is 990. The molecule has 0 aliphatic carbocycles. The lowest BCUT2D eigenvalue weighted by atomic mass is 9.94. The van der Waals surface area contributed by atoms with Gasteiger partial charge >= 0.3 is 0 Å². The first-order valence-corrected chi connectivity index (χ1v) is 10.5. The SMILES string of the molecule is Cc1sc(NC(=O)c2ccco2)c([C@@H](c2cccc(O)c2)[NH+]2CCOCC2)c1C. The molecule has 4 rings (SSSR count). The molecule has 0 radical (unpaired) electrons. The molecule has 2 aromatic heterocycles. The number of ether oxygens (including phenoxy) is 1. The number of anilines is 1. The number of phenols is 1. The second-order valence-electron chi connectivity index (χ2n) is 7.26. The Balaban J connectivity index is 1.78. The molecule has 29 heavy (non-hydrogen) atoms. The number of carbonyl (C=O) groups is 1. The van der Waals surface area contributed by atoms with Crippen molar-refractivity contribution in [2.75, 3.05) is 31.6 Å². The Hall–Kier alpha value is -2.61. The number of quaternary nitrogens is 1. The monoisotopic (exact) mass is 413 g/mol. The van der Waals surface area contributed by atoms with Gasteiger partial charge < -0.3 is 24.5 Å². The van der Waals surface area contributed by atoms with Gasteiger partial charge in [-0.3, -0.25) is 4.79 Å². The lowest BCUT2D eigenvalue weighted by Gasteiger charge is -2.32. The Morgan fingerprint density at radius 2 is 2.00 bits per heavy atom. The third kappa shape index (κ3) is 4.07. The highest BCUT2D eigenvalue weighted by Gasteiger charge is 2.34. The first-order valence-electron chi connectivity index (χ1n) is 9.70. The summed E-state index contributed by atoms with van der Waals surface area (Å²) in [6.07, 6.45) is 1.49. The number of carbonyl (C=O) groups excluding carboxylic acids is 1. The average Bonchev–Trinajstić information content (AvgIpc) is 3.34. The van der Waals surface area contributed by atoms with Crippen molar-refractivity contribution in [3.05, 3.63) is 70.0 Å².